The van der Waals surface area contributed by atoms with Gasteiger partial charge in [0, 0.05) is 24.0 Å². The quantitative estimate of drug-likeness (QED) is 0.811. The lowest BCUT2D eigenvalue weighted by Crippen LogP contribution is -2.46. The number of morpholine rings is 1. The highest BCUT2D eigenvalue weighted by Crippen LogP contribution is 2.25. The van der Waals surface area contributed by atoms with E-state index in [9.17, 15) is 9.59 Å². The molecular formula is C17H19NO5. The van der Waals surface area contributed by atoms with Crippen molar-refractivity contribution in [2.75, 3.05) is 26.3 Å². The van der Waals surface area contributed by atoms with Crippen molar-refractivity contribution in [2.24, 2.45) is 0 Å². The Morgan fingerprint density at radius 2 is 1.91 bits per heavy atom. The molecule has 0 saturated carbocycles. The summed E-state index contributed by atoms with van der Waals surface area (Å²) in [5, 5.41) is 0.867. The highest BCUT2D eigenvalue weighted by molar-refractivity contribution is 5.97. The highest BCUT2D eigenvalue weighted by Gasteiger charge is 2.28. The molecule has 3 rings (SSSR count). The van der Waals surface area contributed by atoms with Gasteiger partial charge in [0.2, 0.25) is 5.76 Å². The first-order valence-corrected chi connectivity index (χ1v) is 7.63. The van der Waals surface area contributed by atoms with Gasteiger partial charge < -0.3 is 18.8 Å². The largest absolute Gasteiger partial charge is 0.449 e. The second-order valence-corrected chi connectivity index (χ2v) is 5.54. The van der Waals surface area contributed by atoms with Crippen LogP contribution in [0.1, 0.15) is 23.0 Å². The van der Waals surface area contributed by atoms with E-state index in [4.69, 9.17) is 13.9 Å². The zero-order valence-corrected chi connectivity index (χ0v) is 13.2. The number of furan rings is 1. The Labute approximate surface area is 133 Å². The number of amides is 1. The second kappa shape index (κ2) is 6.42. The number of carbonyl (C=O) groups is 2. The minimum atomic E-state index is -0.854. The lowest BCUT2D eigenvalue weighted by molar-refractivity contribution is -0.143. The molecule has 0 aliphatic carbocycles. The molecule has 0 N–H and O–H groups in total. The van der Waals surface area contributed by atoms with E-state index in [0.29, 0.717) is 31.9 Å². The number of fused-ring (bicyclic) bond motifs is 1. The van der Waals surface area contributed by atoms with Gasteiger partial charge in [0.15, 0.2) is 6.10 Å². The maximum Gasteiger partial charge on any atom is 0.375 e. The SMILES string of the molecule is Cc1c(C(=O)OC(C)C(=O)N2CCOCC2)oc2ccccc12. The molecule has 2 aromatic rings. The van der Waals surface area contributed by atoms with E-state index in [2.05, 4.69) is 0 Å². The number of hydrogen-bond acceptors (Lipinski definition) is 5. The number of benzene rings is 1. The Bertz CT molecular complexity index is 730. The van der Waals surface area contributed by atoms with Crippen LogP contribution in [-0.4, -0.2) is 49.2 Å². The van der Waals surface area contributed by atoms with E-state index in [-0.39, 0.29) is 11.7 Å². The lowest BCUT2D eigenvalue weighted by Gasteiger charge is -2.28. The topological polar surface area (TPSA) is 69.0 Å². The van der Waals surface area contributed by atoms with E-state index < -0.39 is 12.1 Å². The maximum atomic E-state index is 12.3. The van der Waals surface area contributed by atoms with Gasteiger partial charge in [0.05, 0.1) is 13.2 Å². The van der Waals surface area contributed by atoms with Crippen LogP contribution in [0.25, 0.3) is 11.0 Å². The molecule has 6 heteroatoms. The zero-order valence-electron chi connectivity index (χ0n) is 13.2. The van der Waals surface area contributed by atoms with Gasteiger partial charge in [-0.3, -0.25) is 4.79 Å². The fourth-order valence-corrected chi connectivity index (χ4v) is 2.67. The first-order chi connectivity index (χ1) is 11.1. The second-order valence-electron chi connectivity index (χ2n) is 5.54. The molecular weight excluding hydrogens is 298 g/mol. The molecule has 1 aliphatic heterocycles. The third kappa shape index (κ3) is 3.07. The first kappa shape index (κ1) is 15.6. The Hall–Kier alpha value is -2.34. The minimum Gasteiger partial charge on any atom is -0.449 e. The van der Waals surface area contributed by atoms with E-state index in [0.717, 1.165) is 10.9 Å². The molecule has 1 unspecified atom stereocenters. The van der Waals surface area contributed by atoms with Crippen LogP contribution in [0.5, 0.6) is 0 Å². The summed E-state index contributed by atoms with van der Waals surface area (Å²) < 4.78 is 16.1. The summed E-state index contributed by atoms with van der Waals surface area (Å²) in [4.78, 5) is 26.3. The average molecular weight is 317 g/mol. The molecule has 1 aromatic carbocycles. The van der Waals surface area contributed by atoms with Gasteiger partial charge in [0.1, 0.15) is 5.58 Å². The zero-order chi connectivity index (χ0) is 16.4. The summed E-state index contributed by atoms with van der Waals surface area (Å²) >= 11 is 0. The number of carbonyl (C=O) groups excluding carboxylic acids is 2. The first-order valence-electron chi connectivity index (χ1n) is 7.63. The van der Waals surface area contributed by atoms with Gasteiger partial charge in [-0.25, -0.2) is 4.79 Å². The van der Waals surface area contributed by atoms with Crippen molar-refractivity contribution in [3.63, 3.8) is 0 Å². The number of esters is 1. The lowest BCUT2D eigenvalue weighted by atomic mass is 10.1. The number of para-hydroxylation sites is 1. The molecule has 23 heavy (non-hydrogen) atoms. The molecule has 6 nitrogen and oxygen atoms in total. The van der Waals surface area contributed by atoms with Gasteiger partial charge in [-0.2, -0.15) is 0 Å². The highest BCUT2D eigenvalue weighted by atomic mass is 16.6. The minimum absolute atomic E-state index is 0.146. The monoisotopic (exact) mass is 317 g/mol. The number of aryl methyl sites for hydroxylation is 1. The van der Waals surface area contributed by atoms with Crippen molar-refractivity contribution < 1.29 is 23.5 Å². The van der Waals surface area contributed by atoms with Gasteiger partial charge in [-0.05, 0) is 19.9 Å². The number of rotatable bonds is 3. The molecule has 122 valence electrons. The van der Waals surface area contributed by atoms with Crippen molar-refractivity contribution >= 4 is 22.8 Å². The normalized spacial score (nSPS) is 16.3. The number of nitrogens with zero attached hydrogens (tertiary/aromatic N) is 1. The Morgan fingerprint density at radius 3 is 2.61 bits per heavy atom. The van der Waals surface area contributed by atoms with Crippen LogP contribution in [0, 0.1) is 6.92 Å². The van der Waals surface area contributed by atoms with Crippen molar-refractivity contribution in [2.45, 2.75) is 20.0 Å². The third-order valence-electron chi connectivity index (χ3n) is 3.98. The summed E-state index contributed by atoms with van der Waals surface area (Å²) in [6.45, 7) is 5.43. The van der Waals surface area contributed by atoms with Crippen molar-refractivity contribution in [3.8, 4) is 0 Å². The molecule has 2 heterocycles. The van der Waals surface area contributed by atoms with E-state index in [1.807, 2.05) is 18.2 Å². The predicted octanol–water partition coefficient (Wildman–Crippen LogP) is 2.15. The fourth-order valence-electron chi connectivity index (χ4n) is 2.67. The maximum absolute atomic E-state index is 12.3. The fraction of sp³-hybridized carbons (Fsp3) is 0.412. The molecule has 1 atom stereocenters. The smallest absolute Gasteiger partial charge is 0.375 e. The number of hydrogen-bond donors (Lipinski definition) is 0. The third-order valence-corrected chi connectivity index (χ3v) is 3.98. The Morgan fingerprint density at radius 1 is 1.22 bits per heavy atom. The van der Waals surface area contributed by atoms with E-state index >= 15 is 0 Å². The van der Waals surface area contributed by atoms with Gasteiger partial charge in [-0.1, -0.05) is 18.2 Å². The molecule has 0 bridgehead atoms. The van der Waals surface area contributed by atoms with E-state index in [1.54, 1.807) is 24.8 Å². The molecule has 1 fully saturated rings. The molecule has 1 aliphatic rings. The summed E-state index contributed by atoms with van der Waals surface area (Å²) in [5.41, 5.74) is 1.35. The Balaban J connectivity index is 1.72. The van der Waals surface area contributed by atoms with Crippen molar-refractivity contribution in [3.05, 3.63) is 35.6 Å². The molecule has 1 aromatic heterocycles. The molecule has 1 amide bonds. The molecule has 0 radical (unpaired) electrons. The van der Waals surface area contributed by atoms with Crippen LogP contribution in [-0.2, 0) is 14.3 Å². The van der Waals surface area contributed by atoms with Crippen molar-refractivity contribution in [1.82, 2.24) is 4.90 Å². The van der Waals surface area contributed by atoms with Gasteiger partial charge in [0.25, 0.3) is 5.91 Å². The molecule has 0 spiro atoms. The Kier molecular flexibility index (Phi) is 4.34. The van der Waals surface area contributed by atoms with Crippen LogP contribution in [0.15, 0.2) is 28.7 Å². The van der Waals surface area contributed by atoms with Crippen LogP contribution >= 0.6 is 0 Å². The van der Waals surface area contributed by atoms with Crippen LogP contribution in [0.3, 0.4) is 0 Å². The predicted molar refractivity (Wildman–Crippen MR) is 83.2 cm³/mol. The number of ether oxygens (including phenoxy) is 2. The standard InChI is InChI=1S/C17H19NO5/c1-11-13-5-3-4-6-14(13)23-15(11)17(20)22-12(2)16(19)18-7-9-21-10-8-18/h3-6,12H,7-10H2,1-2H3. The summed E-state index contributed by atoms with van der Waals surface area (Å²) in [6, 6.07) is 7.39. The van der Waals surface area contributed by atoms with Crippen molar-refractivity contribution in [1.29, 1.82) is 0 Å². The molecule has 1 saturated heterocycles. The van der Waals surface area contributed by atoms with E-state index in [1.165, 1.54) is 0 Å². The average Bonchev–Trinajstić information content (AvgIpc) is 2.92. The van der Waals surface area contributed by atoms with Crippen LogP contribution < -0.4 is 0 Å². The van der Waals surface area contributed by atoms with Crippen LogP contribution in [0.4, 0.5) is 0 Å². The van der Waals surface area contributed by atoms with Crippen LogP contribution in [0.2, 0.25) is 0 Å². The van der Waals surface area contributed by atoms with Gasteiger partial charge in [-0.15, -0.1) is 0 Å². The summed E-state index contributed by atoms with van der Waals surface area (Å²) in [5.74, 6) is -0.684. The summed E-state index contributed by atoms with van der Waals surface area (Å²) in [7, 11) is 0. The summed E-state index contributed by atoms with van der Waals surface area (Å²) in [6.07, 6.45) is -0.854. The van der Waals surface area contributed by atoms with Gasteiger partial charge >= 0.3 is 5.97 Å².